The summed E-state index contributed by atoms with van der Waals surface area (Å²) in [5, 5.41) is 8.84. The number of fused-ring (bicyclic) bond motifs is 3. The Bertz CT molecular complexity index is 1580. The molecule has 4 aromatic rings. The molecule has 0 saturated carbocycles. The van der Waals surface area contributed by atoms with Crippen molar-refractivity contribution in [2.24, 2.45) is 0 Å². The molecule has 11 nitrogen and oxygen atoms in total. The van der Waals surface area contributed by atoms with Crippen LogP contribution in [-0.2, 0) is 9.53 Å². The highest BCUT2D eigenvalue weighted by Gasteiger charge is 2.31. The molecule has 1 N–H and O–H groups in total. The van der Waals surface area contributed by atoms with Crippen molar-refractivity contribution in [2.45, 2.75) is 45.8 Å². The van der Waals surface area contributed by atoms with Crippen molar-refractivity contribution >= 4 is 50.4 Å². The van der Waals surface area contributed by atoms with Gasteiger partial charge < -0.3 is 24.6 Å². The molecular weight excluding hydrogens is 590 g/mol. The van der Waals surface area contributed by atoms with E-state index in [4.69, 9.17) is 24.5 Å². The number of ether oxygens (including phenoxy) is 2. The normalized spacial score (nSPS) is 14.8. The minimum absolute atomic E-state index is 0.0930. The molecule has 1 fully saturated rings. The van der Waals surface area contributed by atoms with Crippen molar-refractivity contribution in [2.75, 3.05) is 38.6 Å². The highest BCUT2D eigenvalue weighted by atomic mass is 79.9. The predicted molar refractivity (Wildman–Crippen MR) is 160 cm³/mol. The number of hydrogen-bond donors (Lipinski definition) is 1. The molecule has 0 radical (unpaired) electrons. The number of piperazine rings is 1. The van der Waals surface area contributed by atoms with E-state index in [2.05, 4.69) is 21.2 Å². The Balaban J connectivity index is 1.37. The summed E-state index contributed by atoms with van der Waals surface area (Å²) in [6.07, 6.45) is 0.378. The van der Waals surface area contributed by atoms with Gasteiger partial charge in [0.25, 0.3) is 0 Å². The van der Waals surface area contributed by atoms with Crippen LogP contribution in [0.2, 0.25) is 0 Å². The standard InChI is InChI=1S/C29H34BrN7O4/c1-6-29(3,4)41-28(39)36-16-14-35(15-17-36)26(38)18(2)31-27-32-23-21(8-7-9-22(23)30)25-33-24(34-37(25)27)19-10-12-20(40-5)13-11-19/h7-13,18H,6,14-17H2,1-5H3,(H,31,32)/t18-/m1/s1. The molecule has 5 rings (SSSR count). The van der Waals surface area contributed by atoms with E-state index in [-0.39, 0.29) is 12.0 Å². The smallest absolute Gasteiger partial charge is 0.410 e. The fourth-order valence-electron chi connectivity index (χ4n) is 4.56. The van der Waals surface area contributed by atoms with Crippen LogP contribution in [0, 0.1) is 0 Å². The first-order valence-electron chi connectivity index (χ1n) is 13.6. The summed E-state index contributed by atoms with van der Waals surface area (Å²) in [5.41, 5.74) is 1.63. The van der Waals surface area contributed by atoms with Crippen LogP contribution in [0.25, 0.3) is 27.9 Å². The maximum absolute atomic E-state index is 13.4. The zero-order valence-electron chi connectivity index (χ0n) is 23.8. The van der Waals surface area contributed by atoms with Gasteiger partial charge in [0.05, 0.1) is 12.6 Å². The molecule has 0 bridgehead atoms. The van der Waals surface area contributed by atoms with E-state index in [0.29, 0.717) is 49.1 Å². The lowest BCUT2D eigenvalue weighted by molar-refractivity contribution is -0.133. The third-order valence-corrected chi connectivity index (χ3v) is 8.02. The molecule has 2 amide bonds. The molecular formula is C29H34BrN7O4. The third-order valence-electron chi connectivity index (χ3n) is 7.38. The second-order valence-electron chi connectivity index (χ2n) is 10.6. The van der Waals surface area contributed by atoms with Gasteiger partial charge >= 0.3 is 6.09 Å². The Labute approximate surface area is 247 Å². The number of carbonyl (C=O) groups is 2. The van der Waals surface area contributed by atoms with Crippen LogP contribution in [0.4, 0.5) is 10.7 Å². The minimum atomic E-state index is -0.600. The number of aromatic nitrogens is 4. The Hall–Kier alpha value is -3.93. The summed E-state index contributed by atoms with van der Waals surface area (Å²) in [6, 6.07) is 12.7. The van der Waals surface area contributed by atoms with Gasteiger partial charge in [-0.25, -0.2) is 14.8 Å². The summed E-state index contributed by atoms with van der Waals surface area (Å²) < 4.78 is 13.3. The second kappa shape index (κ2) is 11.5. The fourth-order valence-corrected chi connectivity index (χ4v) is 5.02. The lowest BCUT2D eigenvalue weighted by atomic mass is 10.1. The largest absolute Gasteiger partial charge is 0.497 e. The van der Waals surface area contributed by atoms with Gasteiger partial charge in [0, 0.05) is 41.6 Å². The quantitative estimate of drug-likeness (QED) is 0.306. The molecule has 1 atom stereocenters. The molecule has 1 aliphatic heterocycles. The zero-order valence-corrected chi connectivity index (χ0v) is 25.4. The number of benzene rings is 2. The second-order valence-corrected chi connectivity index (χ2v) is 11.5. The maximum Gasteiger partial charge on any atom is 0.410 e. The number of halogens is 1. The highest BCUT2D eigenvalue weighted by Crippen LogP contribution is 2.29. The lowest BCUT2D eigenvalue weighted by Gasteiger charge is -2.37. The van der Waals surface area contributed by atoms with E-state index in [0.717, 1.165) is 27.6 Å². The molecule has 216 valence electrons. The Morgan fingerprint density at radius 1 is 1.05 bits per heavy atom. The third kappa shape index (κ3) is 5.92. The highest BCUT2D eigenvalue weighted by molar-refractivity contribution is 9.10. The number of para-hydroxylation sites is 1. The molecule has 12 heteroatoms. The van der Waals surface area contributed by atoms with Gasteiger partial charge in [-0.15, -0.1) is 5.10 Å². The van der Waals surface area contributed by atoms with E-state index >= 15 is 0 Å². The van der Waals surface area contributed by atoms with Crippen molar-refractivity contribution in [1.82, 2.24) is 29.4 Å². The van der Waals surface area contributed by atoms with E-state index in [9.17, 15) is 9.59 Å². The summed E-state index contributed by atoms with van der Waals surface area (Å²) in [7, 11) is 1.62. The molecule has 0 spiro atoms. The Morgan fingerprint density at radius 2 is 1.73 bits per heavy atom. The van der Waals surface area contributed by atoms with Gasteiger partial charge in [0.1, 0.15) is 17.4 Å². The first kappa shape index (κ1) is 28.6. The molecule has 0 unspecified atom stereocenters. The van der Waals surface area contributed by atoms with Crippen molar-refractivity contribution in [1.29, 1.82) is 0 Å². The van der Waals surface area contributed by atoms with Crippen LogP contribution < -0.4 is 10.1 Å². The van der Waals surface area contributed by atoms with Crippen LogP contribution in [0.3, 0.4) is 0 Å². The van der Waals surface area contributed by atoms with Crippen LogP contribution in [-0.4, -0.2) is 86.3 Å². The van der Waals surface area contributed by atoms with Crippen molar-refractivity contribution < 1.29 is 19.1 Å². The van der Waals surface area contributed by atoms with E-state index < -0.39 is 11.6 Å². The zero-order chi connectivity index (χ0) is 29.3. The van der Waals surface area contributed by atoms with Crippen LogP contribution >= 0.6 is 15.9 Å². The fraction of sp³-hybridized carbons (Fsp3) is 0.414. The number of nitrogens with one attached hydrogen (secondary N) is 1. The van der Waals surface area contributed by atoms with E-state index in [1.165, 1.54) is 0 Å². The molecule has 2 aromatic carbocycles. The molecule has 41 heavy (non-hydrogen) atoms. The van der Waals surface area contributed by atoms with Crippen molar-refractivity contribution in [3.05, 3.63) is 46.9 Å². The van der Waals surface area contributed by atoms with Gasteiger partial charge in [0.15, 0.2) is 11.5 Å². The van der Waals surface area contributed by atoms with Crippen molar-refractivity contribution in [3.8, 4) is 17.1 Å². The number of rotatable bonds is 7. The van der Waals surface area contributed by atoms with E-state index in [1.807, 2.05) is 63.2 Å². The molecule has 2 aromatic heterocycles. The molecule has 1 aliphatic rings. The van der Waals surface area contributed by atoms with Gasteiger partial charge in [-0.3, -0.25) is 4.79 Å². The van der Waals surface area contributed by atoms with Crippen LogP contribution in [0.5, 0.6) is 5.75 Å². The monoisotopic (exact) mass is 623 g/mol. The first-order valence-corrected chi connectivity index (χ1v) is 14.4. The number of anilines is 1. The van der Waals surface area contributed by atoms with Gasteiger partial charge in [-0.2, -0.15) is 4.52 Å². The van der Waals surface area contributed by atoms with Gasteiger partial charge in [-0.05, 0) is 79.5 Å². The SMILES string of the molecule is CCC(C)(C)OC(=O)N1CCN(C(=O)[C@@H](C)Nc2nc3c(Br)cccc3c3nc(-c4ccc(OC)cc4)nn23)CC1. The van der Waals surface area contributed by atoms with E-state index in [1.54, 1.807) is 28.3 Å². The summed E-state index contributed by atoms with van der Waals surface area (Å²) >= 11 is 3.60. The molecule has 3 heterocycles. The molecule has 0 aliphatic carbocycles. The Kier molecular flexibility index (Phi) is 8.03. The maximum atomic E-state index is 13.4. The number of amides is 2. The summed E-state index contributed by atoms with van der Waals surface area (Å²) in [4.78, 5) is 39.1. The first-order chi connectivity index (χ1) is 19.6. The van der Waals surface area contributed by atoms with Gasteiger partial charge in [0.2, 0.25) is 11.9 Å². The molecule has 1 saturated heterocycles. The van der Waals surface area contributed by atoms with Crippen molar-refractivity contribution in [3.63, 3.8) is 0 Å². The summed E-state index contributed by atoms with van der Waals surface area (Å²) in [5.74, 6) is 1.57. The number of nitrogens with zero attached hydrogens (tertiary/aromatic N) is 6. The average Bonchev–Trinajstić information content (AvgIpc) is 3.43. The number of methoxy groups -OCH3 is 1. The number of hydrogen-bond acceptors (Lipinski definition) is 8. The topological polar surface area (TPSA) is 114 Å². The summed E-state index contributed by atoms with van der Waals surface area (Å²) in [6.45, 7) is 9.23. The number of carbonyl (C=O) groups excluding carboxylic acids is 2. The van der Waals surface area contributed by atoms with Crippen LogP contribution in [0.1, 0.15) is 34.1 Å². The van der Waals surface area contributed by atoms with Crippen LogP contribution in [0.15, 0.2) is 46.9 Å². The minimum Gasteiger partial charge on any atom is -0.497 e. The predicted octanol–water partition coefficient (Wildman–Crippen LogP) is 4.99. The Morgan fingerprint density at radius 3 is 2.39 bits per heavy atom. The lowest BCUT2D eigenvalue weighted by Crippen LogP contribution is -2.54. The van der Waals surface area contributed by atoms with Gasteiger partial charge in [-0.1, -0.05) is 13.0 Å². The average molecular weight is 625 g/mol.